The van der Waals surface area contributed by atoms with Crippen LogP contribution in [-0.2, 0) is 21.2 Å². The molecule has 2 aromatic carbocycles. The third-order valence-electron chi connectivity index (χ3n) is 5.17. The fraction of sp³-hybridized carbons (Fsp3) is 0.381. The molecule has 0 spiro atoms. The number of anilines is 1. The van der Waals surface area contributed by atoms with Crippen LogP contribution in [0.15, 0.2) is 42.5 Å². The van der Waals surface area contributed by atoms with Crippen LogP contribution < -0.4 is 9.62 Å². The number of benzene rings is 2. The summed E-state index contributed by atoms with van der Waals surface area (Å²) in [5.41, 5.74) is 2.42. The molecular formula is C21H24ClFN2O3S. The Balaban J connectivity index is 1.91. The largest absolute Gasteiger partial charge is 0.347 e. The van der Waals surface area contributed by atoms with Crippen molar-refractivity contribution >= 4 is 33.2 Å². The minimum absolute atomic E-state index is 0.157. The highest BCUT2D eigenvalue weighted by Crippen LogP contribution is 2.31. The molecule has 8 heteroatoms. The van der Waals surface area contributed by atoms with Crippen LogP contribution >= 0.6 is 11.6 Å². The Hall–Kier alpha value is -2.12. The monoisotopic (exact) mass is 438 g/mol. The van der Waals surface area contributed by atoms with E-state index in [-0.39, 0.29) is 29.1 Å². The first-order valence-electron chi connectivity index (χ1n) is 9.55. The lowest BCUT2D eigenvalue weighted by Crippen LogP contribution is -2.50. The minimum atomic E-state index is -3.81. The zero-order valence-electron chi connectivity index (χ0n) is 16.4. The van der Waals surface area contributed by atoms with Crippen LogP contribution in [0.3, 0.4) is 0 Å². The number of sulfonamides is 1. The van der Waals surface area contributed by atoms with Crippen molar-refractivity contribution in [1.29, 1.82) is 0 Å². The predicted octanol–water partition coefficient (Wildman–Crippen LogP) is 4.22. The lowest BCUT2D eigenvalue weighted by molar-refractivity contribution is -0.123. The van der Waals surface area contributed by atoms with Crippen LogP contribution in [0.4, 0.5) is 10.1 Å². The number of carbonyl (C=O) groups excluding carboxylic acids is 1. The maximum Gasteiger partial charge on any atom is 0.244 e. The standard InChI is InChI=1S/C21H24ClFN2O3S/c1-3-20(25(29(2,27)28)15-11-12-18(23)17(22)13-15)21(26)24-19-10-6-8-14-7-4-5-9-16(14)19/h4-5,7,9,11-13,19-20H,3,6,8,10H2,1-2H3,(H,24,26)/t19-,20-/m0/s1. The zero-order chi connectivity index (χ0) is 21.2. The number of aryl methyl sites for hydroxylation is 1. The second-order valence-corrected chi connectivity index (χ2v) is 9.50. The normalized spacial score (nSPS) is 17.3. The molecule has 0 saturated carbocycles. The van der Waals surface area contributed by atoms with E-state index in [1.54, 1.807) is 6.92 Å². The van der Waals surface area contributed by atoms with E-state index < -0.39 is 21.9 Å². The van der Waals surface area contributed by atoms with E-state index in [0.29, 0.717) is 0 Å². The van der Waals surface area contributed by atoms with Gasteiger partial charge in [-0.25, -0.2) is 12.8 Å². The van der Waals surface area contributed by atoms with E-state index in [1.165, 1.54) is 17.7 Å². The summed E-state index contributed by atoms with van der Waals surface area (Å²) in [5.74, 6) is -1.04. The summed E-state index contributed by atoms with van der Waals surface area (Å²) in [4.78, 5) is 13.1. The number of amides is 1. The summed E-state index contributed by atoms with van der Waals surface area (Å²) in [6.45, 7) is 1.74. The highest BCUT2D eigenvalue weighted by Gasteiger charge is 2.33. The SMILES string of the molecule is CC[C@@H](C(=O)N[C@H]1CCCc2ccccc21)N(c1ccc(F)c(Cl)c1)S(C)(=O)=O. The van der Waals surface area contributed by atoms with Crippen LogP contribution in [0.5, 0.6) is 0 Å². The lowest BCUT2D eigenvalue weighted by atomic mass is 9.87. The van der Waals surface area contributed by atoms with Gasteiger partial charge < -0.3 is 5.32 Å². The maximum atomic E-state index is 13.6. The zero-order valence-corrected chi connectivity index (χ0v) is 17.9. The van der Waals surface area contributed by atoms with E-state index >= 15 is 0 Å². The molecule has 0 fully saturated rings. The smallest absolute Gasteiger partial charge is 0.244 e. The van der Waals surface area contributed by atoms with Crippen molar-refractivity contribution in [2.45, 2.75) is 44.7 Å². The van der Waals surface area contributed by atoms with Crippen molar-refractivity contribution in [2.75, 3.05) is 10.6 Å². The molecule has 0 aromatic heterocycles. The molecule has 5 nitrogen and oxygen atoms in total. The number of nitrogens with zero attached hydrogens (tertiary/aromatic N) is 1. The summed E-state index contributed by atoms with van der Waals surface area (Å²) >= 11 is 5.85. The van der Waals surface area contributed by atoms with Crippen LogP contribution in [0.25, 0.3) is 0 Å². The molecule has 0 aliphatic heterocycles. The van der Waals surface area contributed by atoms with Gasteiger partial charge >= 0.3 is 0 Å². The fourth-order valence-electron chi connectivity index (χ4n) is 3.85. The van der Waals surface area contributed by atoms with E-state index in [4.69, 9.17) is 11.6 Å². The summed E-state index contributed by atoms with van der Waals surface area (Å²) < 4.78 is 39.7. The molecule has 3 rings (SSSR count). The Bertz CT molecular complexity index is 1010. The Labute approximate surface area is 175 Å². The number of carbonyl (C=O) groups is 1. The molecule has 1 amide bonds. The van der Waals surface area contributed by atoms with Crippen molar-refractivity contribution in [1.82, 2.24) is 5.32 Å². The van der Waals surface area contributed by atoms with Gasteiger partial charge in [0, 0.05) is 0 Å². The average Bonchev–Trinajstić information content (AvgIpc) is 2.67. The van der Waals surface area contributed by atoms with Gasteiger partial charge in [-0.3, -0.25) is 9.10 Å². The van der Waals surface area contributed by atoms with Gasteiger partial charge in [0.15, 0.2) is 0 Å². The molecule has 1 aliphatic rings. The summed E-state index contributed by atoms with van der Waals surface area (Å²) in [5, 5.41) is 2.82. The Morgan fingerprint density at radius 1 is 1.31 bits per heavy atom. The average molecular weight is 439 g/mol. The van der Waals surface area contributed by atoms with Crippen molar-refractivity contribution < 1.29 is 17.6 Å². The molecule has 2 aromatic rings. The first-order valence-corrected chi connectivity index (χ1v) is 11.8. The number of rotatable bonds is 6. The van der Waals surface area contributed by atoms with Gasteiger partial charge in [0.2, 0.25) is 15.9 Å². The molecule has 0 saturated heterocycles. The first kappa shape index (κ1) is 21.6. The van der Waals surface area contributed by atoms with Crippen molar-refractivity contribution in [3.05, 3.63) is 64.4 Å². The molecule has 156 valence electrons. The Morgan fingerprint density at radius 3 is 2.69 bits per heavy atom. The highest BCUT2D eigenvalue weighted by atomic mass is 35.5. The summed E-state index contributed by atoms with van der Waals surface area (Å²) in [7, 11) is -3.81. The third kappa shape index (κ3) is 4.73. The number of hydrogen-bond acceptors (Lipinski definition) is 3. The van der Waals surface area contributed by atoms with Crippen LogP contribution in [0.1, 0.15) is 43.4 Å². The second-order valence-electron chi connectivity index (χ2n) is 7.23. The van der Waals surface area contributed by atoms with Crippen LogP contribution in [-0.4, -0.2) is 26.6 Å². The van der Waals surface area contributed by atoms with E-state index in [1.807, 2.05) is 24.3 Å². The number of nitrogens with one attached hydrogen (secondary N) is 1. The number of halogens is 2. The van der Waals surface area contributed by atoms with Gasteiger partial charge in [-0.2, -0.15) is 0 Å². The molecule has 0 heterocycles. The van der Waals surface area contributed by atoms with E-state index in [2.05, 4.69) is 5.32 Å². The minimum Gasteiger partial charge on any atom is -0.347 e. The van der Waals surface area contributed by atoms with Gasteiger partial charge in [-0.05, 0) is 55.0 Å². The molecule has 29 heavy (non-hydrogen) atoms. The number of fused-ring (bicyclic) bond motifs is 1. The van der Waals surface area contributed by atoms with Crippen molar-refractivity contribution in [2.24, 2.45) is 0 Å². The van der Waals surface area contributed by atoms with Crippen molar-refractivity contribution in [3.8, 4) is 0 Å². The van der Waals surface area contributed by atoms with Gasteiger partial charge in [0.25, 0.3) is 0 Å². The van der Waals surface area contributed by atoms with Gasteiger partial charge in [-0.1, -0.05) is 42.8 Å². The quantitative estimate of drug-likeness (QED) is 0.734. The second kappa shape index (κ2) is 8.71. The molecule has 0 bridgehead atoms. The fourth-order valence-corrected chi connectivity index (χ4v) is 5.23. The first-order chi connectivity index (χ1) is 13.7. The Morgan fingerprint density at radius 2 is 2.03 bits per heavy atom. The maximum absolute atomic E-state index is 13.6. The van der Waals surface area contributed by atoms with Gasteiger partial charge in [-0.15, -0.1) is 0 Å². The number of hydrogen-bond donors (Lipinski definition) is 1. The molecular weight excluding hydrogens is 415 g/mol. The molecule has 0 radical (unpaired) electrons. The topological polar surface area (TPSA) is 66.5 Å². The van der Waals surface area contributed by atoms with E-state index in [0.717, 1.165) is 41.5 Å². The summed E-state index contributed by atoms with van der Waals surface area (Å²) in [6, 6.07) is 10.4. The van der Waals surface area contributed by atoms with E-state index in [9.17, 15) is 17.6 Å². The Kier molecular flexibility index (Phi) is 6.49. The lowest BCUT2D eigenvalue weighted by Gasteiger charge is -2.33. The molecule has 0 unspecified atom stereocenters. The molecule has 1 aliphatic carbocycles. The molecule has 1 N–H and O–H groups in total. The predicted molar refractivity (Wildman–Crippen MR) is 113 cm³/mol. The highest BCUT2D eigenvalue weighted by molar-refractivity contribution is 7.92. The molecule has 2 atom stereocenters. The third-order valence-corrected chi connectivity index (χ3v) is 6.64. The van der Waals surface area contributed by atoms with Crippen LogP contribution in [0, 0.1) is 5.82 Å². The van der Waals surface area contributed by atoms with Crippen LogP contribution in [0.2, 0.25) is 5.02 Å². The summed E-state index contributed by atoms with van der Waals surface area (Å²) in [6.07, 6.45) is 3.98. The van der Waals surface area contributed by atoms with Gasteiger partial charge in [0.05, 0.1) is 23.0 Å². The van der Waals surface area contributed by atoms with Crippen molar-refractivity contribution in [3.63, 3.8) is 0 Å². The van der Waals surface area contributed by atoms with Gasteiger partial charge in [0.1, 0.15) is 11.9 Å².